The topological polar surface area (TPSA) is 64.1 Å². The lowest BCUT2D eigenvalue weighted by Crippen LogP contribution is -2.20. The molecule has 1 aliphatic carbocycles. The number of hydrogen-bond acceptors (Lipinski definition) is 5. The largest absolute Gasteiger partial charge is 0.484 e. The Morgan fingerprint density at radius 1 is 1.32 bits per heavy atom. The van der Waals surface area contributed by atoms with Crippen molar-refractivity contribution in [1.29, 1.82) is 0 Å². The molecule has 116 valence electrons. The lowest BCUT2D eigenvalue weighted by molar-refractivity contribution is -0.118. The monoisotopic (exact) mass is 325 g/mol. The molecule has 1 amide bonds. The number of rotatable bonds is 5. The van der Waals surface area contributed by atoms with Gasteiger partial charge >= 0.3 is 0 Å². The van der Waals surface area contributed by atoms with Crippen LogP contribution in [0.2, 0.25) is 0 Å². The molecule has 3 rings (SSSR count). The van der Waals surface area contributed by atoms with Crippen LogP contribution in [-0.2, 0) is 17.6 Å². The highest BCUT2D eigenvalue weighted by atomic mass is 32.1. The minimum absolute atomic E-state index is 0.0397. The fraction of sp³-hybridized carbons (Fsp3) is 0.357. The number of carbonyl (C=O) groups is 1. The van der Waals surface area contributed by atoms with Crippen LogP contribution < -0.4 is 10.1 Å². The Labute approximate surface area is 129 Å². The maximum absolute atomic E-state index is 12.4. The number of fused-ring (bicyclic) bond motifs is 1. The van der Waals surface area contributed by atoms with Gasteiger partial charge in [-0.15, -0.1) is 10.2 Å². The van der Waals surface area contributed by atoms with E-state index in [4.69, 9.17) is 4.74 Å². The van der Waals surface area contributed by atoms with E-state index in [0.717, 1.165) is 19.3 Å². The first-order valence-corrected chi connectivity index (χ1v) is 7.59. The Balaban J connectivity index is 1.53. The van der Waals surface area contributed by atoms with Crippen molar-refractivity contribution in [3.8, 4) is 5.75 Å². The molecule has 0 fully saturated rings. The van der Waals surface area contributed by atoms with E-state index in [0.29, 0.717) is 17.1 Å². The molecule has 5 nitrogen and oxygen atoms in total. The number of nitrogens with zero attached hydrogens (tertiary/aromatic N) is 2. The molecule has 0 saturated carbocycles. The zero-order valence-corrected chi connectivity index (χ0v) is 12.3. The number of nitrogens with one attached hydrogen (secondary N) is 1. The van der Waals surface area contributed by atoms with E-state index >= 15 is 0 Å². The van der Waals surface area contributed by atoms with Crippen molar-refractivity contribution >= 4 is 22.4 Å². The van der Waals surface area contributed by atoms with Crippen LogP contribution in [0.15, 0.2) is 18.2 Å². The van der Waals surface area contributed by atoms with Crippen LogP contribution in [0.25, 0.3) is 0 Å². The number of amides is 1. The van der Waals surface area contributed by atoms with E-state index in [1.165, 1.54) is 11.1 Å². The van der Waals surface area contributed by atoms with E-state index in [-0.39, 0.29) is 11.7 Å². The maximum Gasteiger partial charge on any atom is 0.291 e. The number of anilines is 1. The first kappa shape index (κ1) is 14.8. The van der Waals surface area contributed by atoms with Gasteiger partial charge in [-0.05, 0) is 42.5 Å². The second-order valence-electron chi connectivity index (χ2n) is 4.87. The van der Waals surface area contributed by atoms with Gasteiger partial charge in [0.1, 0.15) is 5.75 Å². The third-order valence-electron chi connectivity index (χ3n) is 3.31. The van der Waals surface area contributed by atoms with Crippen LogP contribution >= 0.6 is 11.3 Å². The normalized spacial score (nSPS) is 13.2. The van der Waals surface area contributed by atoms with Gasteiger partial charge in [-0.25, -0.2) is 8.78 Å². The van der Waals surface area contributed by atoms with Gasteiger partial charge in [0, 0.05) is 0 Å². The van der Waals surface area contributed by atoms with Crippen LogP contribution in [-0.4, -0.2) is 22.7 Å². The lowest BCUT2D eigenvalue weighted by atomic mass is 10.1. The Bertz CT molecular complexity index is 690. The van der Waals surface area contributed by atoms with Gasteiger partial charge in [0.05, 0.1) is 0 Å². The smallest absolute Gasteiger partial charge is 0.291 e. The molecule has 0 atom stereocenters. The lowest BCUT2D eigenvalue weighted by Gasteiger charge is -2.07. The molecule has 0 bridgehead atoms. The van der Waals surface area contributed by atoms with Crippen molar-refractivity contribution in [2.45, 2.75) is 25.7 Å². The van der Waals surface area contributed by atoms with Crippen molar-refractivity contribution in [3.05, 3.63) is 34.3 Å². The van der Waals surface area contributed by atoms with Crippen molar-refractivity contribution in [2.24, 2.45) is 0 Å². The molecule has 8 heteroatoms. The van der Waals surface area contributed by atoms with Crippen LogP contribution in [0.1, 0.15) is 29.0 Å². The number of ether oxygens (including phenoxy) is 1. The molecular weight excluding hydrogens is 312 g/mol. The molecule has 0 saturated heterocycles. The number of benzene rings is 1. The third kappa shape index (κ3) is 3.38. The fourth-order valence-electron chi connectivity index (χ4n) is 2.32. The van der Waals surface area contributed by atoms with Crippen molar-refractivity contribution in [1.82, 2.24) is 10.2 Å². The van der Waals surface area contributed by atoms with E-state index in [1.54, 1.807) is 0 Å². The number of alkyl halides is 2. The van der Waals surface area contributed by atoms with Crippen molar-refractivity contribution < 1.29 is 18.3 Å². The van der Waals surface area contributed by atoms with Gasteiger partial charge in [-0.1, -0.05) is 17.4 Å². The summed E-state index contributed by atoms with van der Waals surface area (Å²) in [5, 5.41) is 8.78. The summed E-state index contributed by atoms with van der Waals surface area (Å²) < 4.78 is 30.1. The van der Waals surface area contributed by atoms with Gasteiger partial charge in [0.15, 0.2) is 11.6 Å². The highest BCUT2D eigenvalue weighted by Crippen LogP contribution is 2.26. The predicted octanol–water partition coefficient (Wildman–Crippen LogP) is 2.98. The zero-order valence-electron chi connectivity index (χ0n) is 11.5. The zero-order chi connectivity index (χ0) is 15.5. The summed E-state index contributed by atoms with van der Waals surface area (Å²) in [5.41, 5.74) is 2.58. The molecule has 2 aromatic rings. The summed E-state index contributed by atoms with van der Waals surface area (Å²) in [6.45, 7) is -0.206. The summed E-state index contributed by atoms with van der Waals surface area (Å²) in [6, 6.07) is 5.78. The molecule has 0 spiro atoms. The van der Waals surface area contributed by atoms with Crippen LogP contribution in [0.4, 0.5) is 13.9 Å². The van der Waals surface area contributed by atoms with Crippen LogP contribution in [0.3, 0.4) is 0 Å². The van der Waals surface area contributed by atoms with Crippen molar-refractivity contribution in [3.63, 3.8) is 0 Å². The van der Waals surface area contributed by atoms with E-state index in [1.807, 2.05) is 18.2 Å². The molecule has 0 unspecified atom stereocenters. The van der Waals surface area contributed by atoms with Gasteiger partial charge in [-0.2, -0.15) is 0 Å². The number of halogens is 2. The molecule has 1 aromatic carbocycles. The summed E-state index contributed by atoms with van der Waals surface area (Å²) in [7, 11) is 0. The quantitative estimate of drug-likeness (QED) is 0.918. The Hall–Kier alpha value is -2.09. The van der Waals surface area contributed by atoms with Gasteiger partial charge in [-0.3, -0.25) is 10.1 Å². The Morgan fingerprint density at radius 2 is 2.14 bits per heavy atom. The minimum Gasteiger partial charge on any atom is -0.484 e. The van der Waals surface area contributed by atoms with Gasteiger partial charge in [0.2, 0.25) is 5.13 Å². The number of hydrogen-bond donors (Lipinski definition) is 1. The Morgan fingerprint density at radius 3 is 2.91 bits per heavy atom. The maximum atomic E-state index is 12.4. The molecule has 1 aliphatic rings. The second kappa shape index (κ2) is 6.35. The Kier molecular flexibility index (Phi) is 4.28. The van der Waals surface area contributed by atoms with Crippen molar-refractivity contribution in [2.75, 3.05) is 11.9 Å². The summed E-state index contributed by atoms with van der Waals surface area (Å²) in [6.07, 6.45) is 0.563. The highest BCUT2D eigenvalue weighted by molar-refractivity contribution is 7.15. The first-order valence-electron chi connectivity index (χ1n) is 6.78. The highest BCUT2D eigenvalue weighted by Gasteiger charge is 2.16. The average Bonchev–Trinajstić information content (AvgIpc) is 3.13. The summed E-state index contributed by atoms with van der Waals surface area (Å²) in [5.74, 6) is 0.166. The standard InChI is InChI=1S/C14H13F2N3O2S/c15-12(16)13-18-19-14(22-13)17-11(20)7-21-10-5-4-8-2-1-3-9(8)6-10/h4-6,12H,1-3,7H2,(H,17,19,20). The third-order valence-corrected chi connectivity index (χ3v) is 4.16. The van der Waals surface area contributed by atoms with E-state index in [9.17, 15) is 13.6 Å². The molecule has 0 aliphatic heterocycles. The van der Waals surface area contributed by atoms with E-state index < -0.39 is 17.3 Å². The number of carbonyl (C=O) groups excluding carboxylic acids is 1. The SMILES string of the molecule is O=C(COc1ccc2c(c1)CCC2)Nc1nnc(C(F)F)s1. The van der Waals surface area contributed by atoms with Gasteiger partial charge in [0.25, 0.3) is 12.3 Å². The molecule has 22 heavy (non-hydrogen) atoms. The summed E-state index contributed by atoms with van der Waals surface area (Å²) >= 11 is 0.648. The number of aromatic nitrogens is 2. The van der Waals surface area contributed by atoms with E-state index in [2.05, 4.69) is 15.5 Å². The first-order chi connectivity index (χ1) is 10.6. The fourth-order valence-corrected chi connectivity index (χ4v) is 2.93. The average molecular weight is 325 g/mol. The predicted molar refractivity (Wildman–Crippen MR) is 77.5 cm³/mol. The van der Waals surface area contributed by atoms with Crippen LogP contribution in [0.5, 0.6) is 5.75 Å². The van der Waals surface area contributed by atoms with Crippen LogP contribution in [0, 0.1) is 0 Å². The molecule has 1 N–H and O–H groups in total. The second-order valence-corrected chi connectivity index (χ2v) is 5.88. The molecule has 1 aromatic heterocycles. The molecule has 1 heterocycles. The minimum atomic E-state index is -2.69. The molecular formula is C14H13F2N3O2S. The molecule has 0 radical (unpaired) electrons. The number of aryl methyl sites for hydroxylation is 2. The summed E-state index contributed by atoms with van der Waals surface area (Å²) in [4.78, 5) is 11.7. The van der Waals surface area contributed by atoms with Gasteiger partial charge < -0.3 is 4.74 Å².